The number of nitrogens with zero attached hydrogens (tertiary/aromatic N) is 2. The summed E-state index contributed by atoms with van der Waals surface area (Å²) in [5.41, 5.74) is 1.40. The van der Waals surface area contributed by atoms with Crippen molar-refractivity contribution in [3.63, 3.8) is 0 Å². The number of aryl methyl sites for hydroxylation is 1. The van der Waals surface area contributed by atoms with E-state index in [1.165, 1.54) is 15.3 Å². The van der Waals surface area contributed by atoms with E-state index in [2.05, 4.69) is 0 Å². The van der Waals surface area contributed by atoms with Crippen LogP contribution in [0, 0.1) is 30.6 Å². The smallest absolute Gasteiger partial charge is 0.243 e. The maximum Gasteiger partial charge on any atom is 0.243 e. The molecule has 0 spiro atoms. The molecule has 2 aliphatic carbocycles. The van der Waals surface area contributed by atoms with Crippen molar-refractivity contribution in [3.8, 4) is 0 Å². The lowest BCUT2D eigenvalue weighted by Gasteiger charge is -2.20. The summed E-state index contributed by atoms with van der Waals surface area (Å²) in [6, 6.07) is 11.1. The van der Waals surface area contributed by atoms with Gasteiger partial charge in [0.25, 0.3) is 0 Å². The zero-order valence-corrected chi connectivity index (χ0v) is 18.7. The molecule has 2 aromatic carbocycles. The van der Waals surface area contributed by atoms with Crippen LogP contribution < -0.4 is 4.90 Å². The van der Waals surface area contributed by atoms with E-state index in [9.17, 15) is 18.0 Å². The van der Waals surface area contributed by atoms with E-state index in [1.54, 1.807) is 36.4 Å². The normalized spacial score (nSPS) is 35.5. The van der Waals surface area contributed by atoms with Crippen LogP contribution in [0.2, 0.25) is 10.0 Å². The largest absolute Gasteiger partial charge is 0.274 e. The SMILES string of the molecule is Cc1ccc(S(=O)(=O)N2[C@@H]3[C@H]4C[C@H]([C@H]5C(=O)N(c6ccc(Cl)c(Cl)c6)C(=O)[C@@H]45)[C@@H]32)cc1. The highest BCUT2D eigenvalue weighted by Crippen LogP contribution is 2.66. The molecule has 2 amide bonds. The second-order valence-electron chi connectivity index (χ2n) is 8.85. The molecule has 2 heterocycles. The van der Waals surface area contributed by atoms with Crippen molar-refractivity contribution in [1.29, 1.82) is 0 Å². The molecule has 2 aliphatic heterocycles. The molecule has 0 aromatic heterocycles. The van der Waals surface area contributed by atoms with E-state index in [0.29, 0.717) is 10.7 Å². The molecule has 31 heavy (non-hydrogen) atoms. The van der Waals surface area contributed by atoms with Gasteiger partial charge in [0.05, 0.1) is 32.5 Å². The highest BCUT2D eigenvalue weighted by Gasteiger charge is 2.78. The summed E-state index contributed by atoms with van der Waals surface area (Å²) >= 11 is 12.1. The number of benzene rings is 2. The summed E-state index contributed by atoms with van der Waals surface area (Å²) in [6.45, 7) is 1.90. The second kappa shape index (κ2) is 6.32. The van der Waals surface area contributed by atoms with Gasteiger partial charge in [0.1, 0.15) is 0 Å². The number of piperidine rings is 1. The Kier molecular flexibility index (Phi) is 4.02. The molecule has 0 radical (unpaired) electrons. The van der Waals surface area contributed by atoms with Crippen molar-refractivity contribution < 1.29 is 18.0 Å². The van der Waals surface area contributed by atoms with Gasteiger partial charge in [0, 0.05) is 12.1 Å². The van der Waals surface area contributed by atoms with Gasteiger partial charge in [-0.25, -0.2) is 13.3 Å². The number of rotatable bonds is 3. The zero-order chi connectivity index (χ0) is 21.8. The Morgan fingerprint density at radius 1 is 0.871 bits per heavy atom. The number of fused-ring (bicyclic) bond motifs is 8. The van der Waals surface area contributed by atoms with Gasteiger partial charge in [-0.05, 0) is 55.5 Å². The molecule has 2 saturated carbocycles. The molecule has 7 atom stereocenters. The minimum atomic E-state index is -3.64. The third kappa shape index (κ3) is 2.52. The van der Waals surface area contributed by atoms with E-state index in [1.807, 2.05) is 6.92 Å². The van der Waals surface area contributed by atoms with Crippen LogP contribution in [0.5, 0.6) is 0 Å². The van der Waals surface area contributed by atoms with Crippen LogP contribution in [-0.2, 0) is 19.6 Å². The van der Waals surface area contributed by atoms with Crippen LogP contribution in [0.4, 0.5) is 5.69 Å². The Morgan fingerprint density at radius 3 is 2.00 bits per heavy atom. The summed E-state index contributed by atoms with van der Waals surface area (Å²) in [5, 5.41) is 0.626. The average Bonchev–Trinajstić information content (AvgIpc) is 3.12. The molecule has 9 heteroatoms. The van der Waals surface area contributed by atoms with Crippen LogP contribution in [0.25, 0.3) is 0 Å². The van der Waals surface area contributed by atoms with Crippen molar-refractivity contribution in [2.45, 2.75) is 30.3 Å². The summed E-state index contributed by atoms with van der Waals surface area (Å²) in [5.74, 6) is -1.76. The standard InChI is InChI=1S/C22H18Cl2N2O4S/c1-10-2-5-12(6-3-10)31(29,30)26-19-13-9-14(20(19)26)18-17(13)21(27)25(22(18)28)11-4-7-15(23)16(24)8-11/h2-8,13-14,17-20H,9H2,1H3/t13-,14+,17-,18+,19+,20-,26?. The maximum absolute atomic E-state index is 13.3. The molecule has 2 saturated heterocycles. The number of carbonyl (C=O) groups is 2. The minimum Gasteiger partial charge on any atom is -0.274 e. The zero-order valence-electron chi connectivity index (χ0n) is 16.4. The fourth-order valence-corrected chi connectivity index (χ4v) is 8.25. The molecule has 160 valence electrons. The van der Waals surface area contributed by atoms with Gasteiger partial charge in [-0.2, -0.15) is 4.31 Å². The van der Waals surface area contributed by atoms with Gasteiger partial charge in [-0.3, -0.25) is 9.59 Å². The second-order valence-corrected chi connectivity index (χ2v) is 11.5. The lowest BCUT2D eigenvalue weighted by Crippen LogP contribution is -2.34. The summed E-state index contributed by atoms with van der Waals surface area (Å²) in [7, 11) is -3.64. The first-order valence-electron chi connectivity index (χ1n) is 10.1. The molecule has 6 nitrogen and oxygen atoms in total. The lowest BCUT2D eigenvalue weighted by atomic mass is 9.81. The van der Waals surface area contributed by atoms with Crippen LogP contribution >= 0.6 is 23.2 Å². The predicted molar refractivity (Wildman–Crippen MR) is 115 cm³/mol. The highest BCUT2D eigenvalue weighted by atomic mass is 35.5. The van der Waals surface area contributed by atoms with Gasteiger partial charge in [0.15, 0.2) is 0 Å². The van der Waals surface area contributed by atoms with Crippen molar-refractivity contribution in [2.75, 3.05) is 4.90 Å². The average molecular weight is 477 g/mol. The number of imide groups is 1. The monoisotopic (exact) mass is 476 g/mol. The molecule has 1 unspecified atom stereocenters. The number of hydrogen-bond donors (Lipinski definition) is 0. The molecular formula is C22H18Cl2N2O4S. The Labute approximate surface area is 189 Å². The predicted octanol–water partition coefficient (Wildman–Crippen LogP) is 3.50. The van der Waals surface area contributed by atoms with E-state index in [4.69, 9.17) is 23.2 Å². The van der Waals surface area contributed by atoms with Gasteiger partial charge in [-0.1, -0.05) is 40.9 Å². The Bertz CT molecular complexity index is 1230. The number of carbonyl (C=O) groups excluding carboxylic acids is 2. The van der Waals surface area contributed by atoms with Gasteiger partial charge >= 0.3 is 0 Å². The third-order valence-electron chi connectivity index (χ3n) is 7.35. The van der Waals surface area contributed by atoms with Crippen molar-refractivity contribution >= 4 is 50.7 Å². The third-order valence-corrected chi connectivity index (χ3v) is 10.00. The lowest BCUT2D eigenvalue weighted by molar-refractivity contribution is -0.123. The fourth-order valence-electron chi connectivity index (χ4n) is 6.09. The number of anilines is 1. The van der Waals surface area contributed by atoms with Crippen molar-refractivity contribution in [1.82, 2.24) is 4.31 Å². The van der Waals surface area contributed by atoms with Crippen LogP contribution in [0.3, 0.4) is 0 Å². The molecule has 4 aliphatic rings. The molecule has 0 N–H and O–H groups in total. The van der Waals surface area contributed by atoms with E-state index < -0.39 is 21.9 Å². The molecule has 2 aromatic rings. The summed E-state index contributed by atoms with van der Waals surface area (Å²) in [6.07, 6.45) is 0.720. The van der Waals surface area contributed by atoms with Crippen LogP contribution in [0.15, 0.2) is 47.4 Å². The van der Waals surface area contributed by atoms with E-state index in [0.717, 1.165) is 12.0 Å². The number of halogens is 2. The first-order chi connectivity index (χ1) is 14.7. The fraction of sp³-hybridized carbons (Fsp3) is 0.364. The van der Waals surface area contributed by atoms with E-state index >= 15 is 0 Å². The maximum atomic E-state index is 13.3. The first-order valence-corrected chi connectivity index (χ1v) is 12.3. The van der Waals surface area contributed by atoms with Crippen LogP contribution in [-0.4, -0.2) is 36.6 Å². The molecule has 4 fully saturated rings. The van der Waals surface area contributed by atoms with E-state index in [-0.39, 0.29) is 45.7 Å². The van der Waals surface area contributed by atoms with Crippen molar-refractivity contribution in [3.05, 3.63) is 58.1 Å². The molecular weight excluding hydrogens is 459 g/mol. The first kappa shape index (κ1) is 19.7. The Balaban J connectivity index is 1.31. The van der Waals surface area contributed by atoms with Gasteiger partial charge in [-0.15, -0.1) is 0 Å². The van der Waals surface area contributed by atoms with Gasteiger partial charge in [0.2, 0.25) is 21.8 Å². The van der Waals surface area contributed by atoms with Gasteiger partial charge < -0.3 is 0 Å². The summed E-state index contributed by atoms with van der Waals surface area (Å²) in [4.78, 5) is 28.0. The topological polar surface area (TPSA) is 74.5 Å². The summed E-state index contributed by atoms with van der Waals surface area (Å²) < 4.78 is 27.9. The molecule has 2 bridgehead atoms. The Hall–Kier alpha value is -1.93. The quantitative estimate of drug-likeness (QED) is 0.501. The Morgan fingerprint density at radius 2 is 1.45 bits per heavy atom. The number of sulfonamides is 1. The number of hydrogen-bond acceptors (Lipinski definition) is 4. The van der Waals surface area contributed by atoms with Crippen molar-refractivity contribution in [2.24, 2.45) is 23.7 Å². The van der Waals surface area contributed by atoms with Crippen LogP contribution in [0.1, 0.15) is 12.0 Å². The number of amides is 2. The highest BCUT2D eigenvalue weighted by molar-refractivity contribution is 7.89. The molecule has 6 rings (SSSR count). The minimum absolute atomic E-state index is 0.135.